The van der Waals surface area contributed by atoms with Crippen molar-refractivity contribution in [1.29, 1.82) is 0 Å². The first-order valence-corrected chi connectivity index (χ1v) is 11.4. The maximum Gasteiger partial charge on any atom is 0.263 e. The van der Waals surface area contributed by atoms with Crippen LogP contribution in [0.5, 0.6) is 11.5 Å². The maximum absolute atomic E-state index is 12.6. The third kappa shape index (κ3) is 6.00. The number of methoxy groups -OCH3 is 1. The Morgan fingerprint density at radius 3 is 2.53 bits per heavy atom. The Kier molecular flexibility index (Phi) is 8.10. The molecule has 1 fully saturated rings. The molecule has 0 unspecified atom stereocenters. The summed E-state index contributed by atoms with van der Waals surface area (Å²) in [5.41, 5.74) is 0.867. The fourth-order valence-electron chi connectivity index (χ4n) is 3.44. The third-order valence-corrected chi connectivity index (χ3v) is 6.29. The number of hydrogen-bond donors (Lipinski definition) is 1. The molecule has 0 aliphatic carbocycles. The number of likely N-dealkylation sites (N-methyl/N-ethyl adjacent to an activating group) is 1. The number of hydrogen-bond acceptors (Lipinski definition) is 6. The van der Waals surface area contributed by atoms with Crippen molar-refractivity contribution in [3.05, 3.63) is 46.2 Å². The van der Waals surface area contributed by atoms with Crippen molar-refractivity contribution in [3.8, 4) is 11.5 Å². The molecule has 2 heterocycles. The van der Waals surface area contributed by atoms with E-state index in [2.05, 4.69) is 5.32 Å². The van der Waals surface area contributed by atoms with Gasteiger partial charge in [0, 0.05) is 39.6 Å². The Bertz CT molecular complexity index is 937. The molecule has 0 atom stereocenters. The van der Waals surface area contributed by atoms with Crippen LogP contribution in [0.1, 0.15) is 28.1 Å². The lowest BCUT2D eigenvalue weighted by molar-refractivity contribution is -0.130. The molecular formula is C23H29N3O5S. The van der Waals surface area contributed by atoms with Crippen LogP contribution in [0, 0.1) is 5.92 Å². The number of likely N-dealkylation sites (tertiary alicyclic amines) is 1. The minimum Gasteiger partial charge on any atom is -0.493 e. The number of piperidine rings is 1. The van der Waals surface area contributed by atoms with Crippen molar-refractivity contribution in [2.75, 3.05) is 40.9 Å². The predicted molar refractivity (Wildman–Crippen MR) is 122 cm³/mol. The fraction of sp³-hybridized carbons (Fsp3) is 0.435. The predicted octanol–water partition coefficient (Wildman–Crippen LogP) is 2.39. The molecule has 0 radical (unpaired) electrons. The van der Waals surface area contributed by atoms with Gasteiger partial charge >= 0.3 is 0 Å². The minimum atomic E-state index is -0.147. The standard InChI is InChI=1S/C23H29N3O5S/c1-25(2)21(27)15-31-18-7-6-16(13-19(18)30-3)14-24-22(28)17-8-10-26(11-9-17)23(29)20-5-4-12-32-20/h4-7,12-13,17H,8-11,14-15H2,1-3H3,(H,24,28). The first kappa shape index (κ1) is 23.6. The second-order valence-corrected chi connectivity index (χ2v) is 8.77. The molecule has 1 aliphatic rings. The topological polar surface area (TPSA) is 88.2 Å². The average Bonchev–Trinajstić information content (AvgIpc) is 3.35. The van der Waals surface area contributed by atoms with Gasteiger partial charge in [-0.15, -0.1) is 11.3 Å². The summed E-state index contributed by atoms with van der Waals surface area (Å²) in [7, 11) is 4.86. The maximum atomic E-state index is 12.6. The Labute approximate surface area is 192 Å². The lowest BCUT2D eigenvalue weighted by atomic mass is 9.95. The van der Waals surface area contributed by atoms with Gasteiger partial charge in [0.15, 0.2) is 18.1 Å². The molecule has 32 heavy (non-hydrogen) atoms. The van der Waals surface area contributed by atoms with E-state index in [9.17, 15) is 14.4 Å². The van der Waals surface area contributed by atoms with Crippen molar-refractivity contribution < 1.29 is 23.9 Å². The lowest BCUT2D eigenvalue weighted by Crippen LogP contribution is -2.42. The van der Waals surface area contributed by atoms with Gasteiger partial charge in [-0.1, -0.05) is 12.1 Å². The molecule has 1 aromatic heterocycles. The second-order valence-electron chi connectivity index (χ2n) is 7.82. The van der Waals surface area contributed by atoms with Crippen LogP contribution >= 0.6 is 11.3 Å². The molecule has 9 heteroatoms. The minimum absolute atomic E-state index is 0.0101. The zero-order valence-electron chi connectivity index (χ0n) is 18.6. The van der Waals surface area contributed by atoms with E-state index in [1.54, 1.807) is 26.2 Å². The number of benzene rings is 1. The summed E-state index contributed by atoms with van der Waals surface area (Å²) < 4.78 is 10.9. The van der Waals surface area contributed by atoms with E-state index in [4.69, 9.17) is 9.47 Å². The monoisotopic (exact) mass is 459 g/mol. The molecule has 1 aliphatic heterocycles. The van der Waals surface area contributed by atoms with Crippen molar-refractivity contribution in [1.82, 2.24) is 15.1 Å². The number of thiophene rings is 1. The molecule has 3 rings (SSSR count). The third-order valence-electron chi connectivity index (χ3n) is 5.43. The number of nitrogens with one attached hydrogen (secondary N) is 1. The summed E-state index contributed by atoms with van der Waals surface area (Å²) in [5, 5.41) is 4.87. The van der Waals surface area contributed by atoms with Crippen LogP contribution in [0.3, 0.4) is 0 Å². The molecule has 1 saturated heterocycles. The molecule has 1 aromatic carbocycles. The molecule has 0 saturated carbocycles. The van der Waals surface area contributed by atoms with Crippen LogP contribution in [0.2, 0.25) is 0 Å². The van der Waals surface area contributed by atoms with E-state index < -0.39 is 0 Å². The summed E-state index contributed by atoms with van der Waals surface area (Å²) in [6.45, 7) is 1.45. The molecule has 3 amide bonds. The van der Waals surface area contributed by atoms with Gasteiger partial charge in [0.2, 0.25) is 5.91 Å². The van der Waals surface area contributed by atoms with Crippen LogP contribution in [0.25, 0.3) is 0 Å². The van der Waals surface area contributed by atoms with Gasteiger partial charge in [0.25, 0.3) is 11.8 Å². The number of carbonyl (C=O) groups is 3. The highest BCUT2D eigenvalue weighted by atomic mass is 32.1. The van der Waals surface area contributed by atoms with Crippen molar-refractivity contribution in [2.45, 2.75) is 19.4 Å². The molecular weight excluding hydrogens is 430 g/mol. The SMILES string of the molecule is COc1cc(CNC(=O)C2CCN(C(=O)c3cccs3)CC2)ccc1OCC(=O)N(C)C. The van der Waals surface area contributed by atoms with Gasteiger partial charge in [0.1, 0.15) is 0 Å². The lowest BCUT2D eigenvalue weighted by Gasteiger charge is -2.31. The first-order valence-electron chi connectivity index (χ1n) is 10.5. The zero-order chi connectivity index (χ0) is 23.1. The van der Waals surface area contributed by atoms with E-state index in [0.717, 1.165) is 10.4 Å². The average molecular weight is 460 g/mol. The largest absolute Gasteiger partial charge is 0.493 e. The van der Waals surface area contributed by atoms with Crippen LogP contribution in [0.15, 0.2) is 35.7 Å². The number of amides is 3. The summed E-state index contributed by atoms with van der Waals surface area (Å²) in [6.07, 6.45) is 1.30. The molecule has 1 N–H and O–H groups in total. The number of carbonyl (C=O) groups excluding carboxylic acids is 3. The van der Waals surface area contributed by atoms with Gasteiger partial charge in [-0.3, -0.25) is 14.4 Å². The molecule has 2 aromatic rings. The summed E-state index contributed by atoms with van der Waals surface area (Å²) >= 11 is 1.44. The van der Waals surface area contributed by atoms with Crippen LogP contribution in [-0.4, -0.2) is 68.4 Å². The molecule has 0 spiro atoms. The van der Waals surface area contributed by atoms with Gasteiger partial charge < -0.3 is 24.6 Å². The van der Waals surface area contributed by atoms with Crippen LogP contribution < -0.4 is 14.8 Å². The highest BCUT2D eigenvalue weighted by Crippen LogP contribution is 2.28. The van der Waals surface area contributed by atoms with Crippen molar-refractivity contribution >= 4 is 29.1 Å². The van der Waals surface area contributed by atoms with Gasteiger partial charge in [-0.2, -0.15) is 0 Å². The van der Waals surface area contributed by atoms with Crippen LogP contribution in [0.4, 0.5) is 0 Å². The number of nitrogens with zero attached hydrogens (tertiary/aromatic N) is 2. The first-order chi connectivity index (χ1) is 15.4. The second kappa shape index (κ2) is 11.0. The van der Waals surface area contributed by atoms with E-state index in [0.29, 0.717) is 44.0 Å². The molecule has 0 bridgehead atoms. The van der Waals surface area contributed by atoms with Gasteiger partial charge in [0.05, 0.1) is 12.0 Å². The number of ether oxygens (including phenoxy) is 2. The fourth-order valence-corrected chi connectivity index (χ4v) is 4.13. The van der Waals surface area contributed by atoms with E-state index in [-0.39, 0.29) is 30.2 Å². The van der Waals surface area contributed by atoms with E-state index in [1.165, 1.54) is 23.3 Å². The summed E-state index contributed by atoms with van der Waals surface area (Å²) in [5.74, 6) is 0.754. The van der Waals surface area contributed by atoms with E-state index in [1.807, 2.05) is 28.5 Å². The quantitative estimate of drug-likeness (QED) is 0.655. The van der Waals surface area contributed by atoms with E-state index >= 15 is 0 Å². The summed E-state index contributed by atoms with van der Waals surface area (Å²) in [4.78, 5) is 40.8. The zero-order valence-corrected chi connectivity index (χ0v) is 19.4. The summed E-state index contributed by atoms with van der Waals surface area (Å²) in [6, 6.07) is 9.06. The highest BCUT2D eigenvalue weighted by molar-refractivity contribution is 7.12. The highest BCUT2D eigenvalue weighted by Gasteiger charge is 2.28. The Hall–Kier alpha value is -3.07. The van der Waals surface area contributed by atoms with Gasteiger partial charge in [-0.05, 0) is 42.0 Å². The smallest absolute Gasteiger partial charge is 0.263 e. The Morgan fingerprint density at radius 2 is 1.91 bits per heavy atom. The molecule has 172 valence electrons. The van der Waals surface area contributed by atoms with Crippen molar-refractivity contribution in [3.63, 3.8) is 0 Å². The normalized spacial score (nSPS) is 14.0. The Balaban J connectivity index is 1.48. The van der Waals surface area contributed by atoms with Crippen molar-refractivity contribution in [2.24, 2.45) is 5.92 Å². The number of rotatable bonds is 8. The van der Waals surface area contributed by atoms with Crippen LogP contribution in [-0.2, 0) is 16.1 Å². The van der Waals surface area contributed by atoms with Gasteiger partial charge in [-0.25, -0.2) is 0 Å². The molecule has 8 nitrogen and oxygen atoms in total. The Morgan fingerprint density at radius 1 is 1.16 bits per heavy atom.